The second-order valence-corrected chi connectivity index (χ2v) is 12.0. The minimum atomic E-state index is -3.19. The van der Waals surface area contributed by atoms with Gasteiger partial charge in [-0.2, -0.15) is 8.78 Å². The Hall–Kier alpha value is -3.97. The summed E-state index contributed by atoms with van der Waals surface area (Å²) in [5.74, 6) is -3.01. The van der Waals surface area contributed by atoms with Gasteiger partial charge in [0.15, 0.2) is 0 Å². The van der Waals surface area contributed by atoms with Crippen LogP contribution in [0.5, 0.6) is 0 Å². The van der Waals surface area contributed by atoms with Crippen molar-refractivity contribution in [3.8, 4) is 0 Å². The highest BCUT2D eigenvalue weighted by Gasteiger charge is 2.37. The van der Waals surface area contributed by atoms with E-state index in [0.29, 0.717) is 24.1 Å². The number of hydrogen-bond acceptors (Lipinski definition) is 8. The van der Waals surface area contributed by atoms with E-state index in [-0.39, 0.29) is 6.54 Å². The van der Waals surface area contributed by atoms with E-state index in [0.717, 1.165) is 16.0 Å². The number of rotatable bonds is 4. The molecule has 5 bridgehead atoms. The maximum atomic E-state index is 13.5. The zero-order chi connectivity index (χ0) is 32.2. The van der Waals surface area contributed by atoms with Gasteiger partial charge in [0.25, 0.3) is 5.91 Å². The molecule has 4 rings (SSSR count). The summed E-state index contributed by atoms with van der Waals surface area (Å²) in [6, 6.07) is 5.76. The average Bonchev–Trinajstić information content (AvgIpc) is 2.99. The fourth-order valence-electron chi connectivity index (χ4n) is 4.95. The molecule has 1 fully saturated rings. The fraction of sp³-hybridized carbons (Fsp3) is 0.516. The predicted octanol–water partition coefficient (Wildman–Crippen LogP) is 3.25. The maximum Gasteiger partial charge on any atom is 0.345 e. The lowest BCUT2D eigenvalue weighted by atomic mass is 9.89. The van der Waals surface area contributed by atoms with Crippen LogP contribution in [-0.4, -0.2) is 71.6 Å². The summed E-state index contributed by atoms with van der Waals surface area (Å²) in [4.78, 5) is 58.1. The lowest BCUT2D eigenvalue weighted by molar-refractivity contribution is -0.161. The van der Waals surface area contributed by atoms with Crippen LogP contribution in [0.1, 0.15) is 64.8 Å². The molecule has 0 spiro atoms. The Balaban J connectivity index is 1.72. The summed E-state index contributed by atoms with van der Waals surface area (Å²) in [6.45, 7) is 4.63. The van der Waals surface area contributed by atoms with Crippen molar-refractivity contribution in [2.75, 3.05) is 13.2 Å². The van der Waals surface area contributed by atoms with E-state index in [9.17, 15) is 28.0 Å². The monoisotopic (exact) mass is 615 g/mol. The SMILES string of the molecule is CC(C)[C@@H]1NC(=O)C(C)(C)/C=C/c2ccc3ccc(nc3c2)[C@@H](C)OC(=O)[C@@H]2CCCN(N2)C(=O)[C@H](COC(F)F)NC1=O. The smallest absolute Gasteiger partial charge is 0.345 e. The number of cyclic esters (lactones) is 1. The molecule has 0 saturated carbocycles. The van der Waals surface area contributed by atoms with Gasteiger partial charge in [-0.05, 0) is 57.2 Å². The number of pyridine rings is 1. The number of amides is 3. The molecule has 238 valence electrons. The van der Waals surface area contributed by atoms with Gasteiger partial charge in [0.05, 0.1) is 23.2 Å². The zero-order valence-corrected chi connectivity index (χ0v) is 25.4. The molecule has 0 unspecified atom stereocenters. The Labute approximate surface area is 254 Å². The molecule has 4 atom stereocenters. The number of nitrogens with zero attached hydrogens (tertiary/aromatic N) is 2. The normalized spacial score (nSPS) is 26.0. The molecule has 13 heteroatoms. The molecule has 3 N–H and O–H groups in total. The molecule has 2 aliphatic rings. The minimum Gasteiger partial charge on any atom is -0.455 e. The largest absolute Gasteiger partial charge is 0.455 e. The minimum absolute atomic E-state index is 0.151. The zero-order valence-electron chi connectivity index (χ0n) is 25.4. The van der Waals surface area contributed by atoms with E-state index in [2.05, 4.69) is 20.8 Å². The summed E-state index contributed by atoms with van der Waals surface area (Å²) in [6.07, 6.45) is 3.54. The van der Waals surface area contributed by atoms with Gasteiger partial charge in [0.1, 0.15) is 24.2 Å². The molecular formula is C31H39F2N5O6. The van der Waals surface area contributed by atoms with Gasteiger partial charge in [-0.3, -0.25) is 24.2 Å². The average molecular weight is 616 g/mol. The summed E-state index contributed by atoms with van der Waals surface area (Å²) < 4.78 is 36.1. The number of aromatic nitrogens is 1. The maximum absolute atomic E-state index is 13.5. The van der Waals surface area contributed by atoms with Crippen molar-refractivity contribution in [3.63, 3.8) is 0 Å². The number of carbonyl (C=O) groups is 4. The third-order valence-electron chi connectivity index (χ3n) is 7.70. The van der Waals surface area contributed by atoms with Crippen molar-refractivity contribution in [1.29, 1.82) is 0 Å². The number of benzene rings is 1. The first-order valence-corrected chi connectivity index (χ1v) is 14.6. The number of ether oxygens (including phenoxy) is 2. The van der Waals surface area contributed by atoms with E-state index < -0.39 is 72.5 Å². The molecule has 0 radical (unpaired) electrons. The van der Waals surface area contributed by atoms with Crippen LogP contribution in [0.3, 0.4) is 0 Å². The topological polar surface area (TPSA) is 139 Å². The molecule has 3 amide bonds. The van der Waals surface area contributed by atoms with E-state index in [4.69, 9.17) is 9.72 Å². The standard InChI is InChI=1S/C31H39F2N5O6/c1-17(2)25-26(39)35-24(16-43-30(32)33)27(40)38-14-6-7-22(37-38)28(41)44-18(3)21-11-10-20-9-8-19(15-23(20)34-21)12-13-31(4,5)29(42)36-25/h8-13,15,17-18,22,24-25,30,37H,6-7,14,16H2,1-5H3,(H,35,39)(H,36,42)/b13-12+/t18-,22+,24+,25+/m1/s1. The third-order valence-corrected chi connectivity index (χ3v) is 7.70. The van der Waals surface area contributed by atoms with E-state index in [1.54, 1.807) is 52.8 Å². The van der Waals surface area contributed by atoms with E-state index in [1.165, 1.54) is 0 Å². The fourth-order valence-corrected chi connectivity index (χ4v) is 4.95. The highest BCUT2D eigenvalue weighted by atomic mass is 19.3. The van der Waals surface area contributed by atoms with Gasteiger partial charge in [0, 0.05) is 11.9 Å². The second-order valence-electron chi connectivity index (χ2n) is 12.0. The second kappa shape index (κ2) is 13.8. The molecule has 11 nitrogen and oxygen atoms in total. The quantitative estimate of drug-likeness (QED) is 0.446. The number of nitrogens with one attached hydrogen (secondary N) is 3. The van der Waals surface area contributed by atoms with Crippen molar-refractivity contribution in [1.82, 2.24) is 26.1 Å². The van der Waals surface area contributed by atoms with Gasteiger partial charge >= 0.3 is 12.6 Å². The van der Waals surface area contributed by atoms with Crippen molar-refractivity contribution >= 4 is 40.7 Å². The van der Waals surface area contributed by atoms with Crippen molar-refractivity contribution < 1.29 is 37.4 Å². The highest BCUT2D eigenvalue weighted by Crippen LogP contribution is 2.25. The van der Waals surface area contributed by atoms with Crippen LogP contribution in [0.4, 0.5) is 8.78 Å². The Morgan fingerprint density at radius 1 is 1.11 bits per heavy atom. The number of hydrazine groups is 1. The number of halogens is 2. The molecule has 2 aliphatic heterocycles. The van der Waals surface area contributed by atoms with Crippen LogP contribution < -0.4 is 16.1 Å². The van der Waals surface area contributed by atoms with E-state index >= 15 is 0 Å². The molecule has 44 heavy (non-hydrogen) atoms. The van der Waals surface area contributed by atoms with Gasteiger partial charge in [-0.1, -0.05) is 44.2 Å². The molecule has 1 aromatic carbocycles. The van der Waals surface area contributed by atoms with Crippen LogP contribution in [0.25, 0.3) is 17.0 Å². The molecule has 0 aliphatic carbocycles. The van der Waals surface area contributed by atoms with Crippen LogP contribution in [0.15, 0.2) is 36.4 Å². The lowest BCUT2D eigenvalue weighted by Gasteiger charge is -2.35. The van der Waals surface area contributed by atoms with Crippen LogP contribution in [0, 0.1) is 11.3 Å². The van der Waals surface area contributed by atoms with E-state index in [1.807, 2.05) is 24.3 Å². The third kappa shape index (κ3) is 7.94. The van der Waals surface area contributed by atoms with Gasteiger partial charge in [-0.25, -0.2) is 10.4 Å². The van der Waals surface area contributed by atoms with Crippen LogP contribution in [-0.2, 0) is 28.7 Å². The van der Waals surface area contributed by atoms with Crippen molar-refractivity contribution in [3.05, 3.63) is 47.7 Å². The summed E-state index contributed by atoms with van der Waals surface area (Å²) in [7, 11) is 0. The van der Waals surface area contributed by atoms with Gasteiger partial charge in [-0.15, -0.1) is 0 Å². The Morgan fingerprint density at radius 3 is 2.55 bits per heavy atom. The van der Waals surface area contributed by atoms with Gasteiger partial charge < -0.3 is 20.1 Å². The number of fused-ring (bicyclic) bond motifs is 4. The number of hydrogen-bond donors (Lipinski definition) is 3. The molecule has 1 saturated heterocycles. The molecule has 1 aromatic heterocycles. The van der Waals surface area contributed by atoms with Gasteiger partial charge in [0.2, 0.25) is 11.8 Å². The lowest BCUT2D eigenvalue weighted by Crippen LogP contribution is -2.62. The Kier molecular flexibility index (Phi) is 10.3. The summed E-state index contributed by atoms with van der Waals surface area (Å²) in [5.41, 5.74) is 3.73. The first-order chi connectivity index (χ1) is 20.7. The number of carbonyl (C=O) groups excluding carboxylic acids is 4. The molecular weight excluding hydrogens is 576 g/mol. The number of alkyl halides is 2. The summed E-state index contributed by atoms with van der Waals surface area (Å²) >= 11 is 0. The number of esters is 1. The van der Waals surface area contributed by atoms with Crippen LogP contribution >= 0.6 is 0 Å². The first-order valence-electron chi connectivity index (χ1n) is 14.6. The highest BCUT2D eigenvalue weighted by molar-refractivity contribution is 5.94. The molecule has 3 heterocycles. The Bertz CT molecular complexity index is 1430. The van der Waals surface area contributed by atoms with Crippen molar-refractivity contribution in [2.24, 2.45) is 11.3 Å². The summed E-state index contributed by atoms with van der Waals surface area (Å²) in [5, 5.41) is 7.21. The van der Waals surface area contributed by atoms with Crippen LogP contribution in [0.2, 0.25) is 0 Å². The molecule has 2 aromatic rings. The Morgan fingerprint density at radius 2 is 1.84 bits per heavy atom. The first kappa shape index (κ1) is 32.9. The van der Waals surface area contributed by atoms with Crippen molar-refractivity contribution in [2.45, 2.75) is 78.3 Å². The predicted molar refractivity (Wildman–Crippen MR) is 158 cm³/mol.